The Labute approximate surface area is 211 Å². The molecule has 2 atom stereocenters. The molecule has 1 aromatic carbocycles. The van der Waals surface area contributed by atoms with Crippen LogP contribution in [0.15, 0.2) is 54.3 Å². The summed E-state index contributed by atoms with van der Waals surface area (Å²) >= 11 is 1.48. The van der Waals surface area contributed by atoms with Crippen LogP contribution in [0.1, 0.15) is 24.4 Å². The zero-order chi connectivity index (χ0) is 24.7. The number of amides is 1. The number of thiazole rings is 1. The van der Waals surface area contributed by atoms with Crippen molar-refractivity contribution in [3.8, 4) is 22.0 Å². The van der Waals surface area contributed by atoms with Crippen LogP contribution in [-0.2, 0) is 15.1 Å². The smallest absolute Gasteiger partial charge is 0.258 e. The minimum atomic E-state index is -1.49. The molecule has 1 amide bonds. The van der Waals surface area contributed by atoms with Crippen molar-refractivity contribution < 1.29 is 14.6 Å². The molecule has 0 spiro atoms. The summed E-state index contributed by atoms with van der Waals surface area (Å²) in [7, 11) is 1.71. The van der Waals surface area contributed by atoms with Gasteiger partial charge in [0, 0.05) is 50.0 Å². The number of hydrogen-bond donors (Lipinski definition) is 2. The van der Waals surface area contributed by atoms with E-state index >= 15 is 0 Å². The van der Waals surface area contributed by atoms with E-state index in [0.717, 1.165) is 35.0 Å². The largest absolute Gasteiger partial charge is 0.379 e. The van der Waals surface area contributed by atoms with Crippen molar-refractivity contribution in [3.63, 3.8) is 0 Å². The summed E-state index contributed by atoms with van der Waals surface area (Å²) < 4.78 is 7.35. The standard InChI is InChI=1S/C25H25N7O3S/c1-31-9-7-25(34,23(31)33)17-4-2-3-16(11-17)22-29-21(15-36-22)20-5-8-26-24(30-20)28-18-12-27-32(13-18)19-6-10-35-14-19/h2-5,8,11-13,15,19,34H,6-7,9-10,14H2,1H3,(H,26,28,30)/t19?,25-/m1/s1. The van der Waals surface area contributed by atoms with Crippen LogP contribution in [0.4, 0.5) is 11.6 Å². The lowest BCUT2D eigenvalue weighted by atomic mass is 9.91. The fourth-order valence-corrected chi connectivity index (χ4v) is 5.39. The monoisotopic (exact) mass is 503 g/mol. The van der Waals surface area contributed by atoms with Crippen molar-refractivity contribution in [2.24, 2.45) is 0 Å². The molecule has 1 unspecified atom stereocenters. The predicted octanol–water partition coefficient (Wildman–Crippen LogP) is 3.22. The molecule has 0 aliphatic carbocycles. The van der Waals surface area contributed by atoms with E-state index in [-0.39, 0.29) is 11.9 Å². The third-order valence-corrected chi connectivity index (χ3v) is 7.55. The van der Waals surface area contributed by atoms with Crippen LogP contribution in [0.25, 0.3) is 22.0 Å². The molecule has 5 heterocycles. The van der Waals surface area contributed by atoms with Gasteiger partial charge in [0.1, 0.15) is 10.7 Å². The highest BCUT2D eigenvalue weighted by molar-refractivity contribution is 7.13. The van der Waals surface area contributed by atoms with Gasteiger partial charge >= 0.3 is 0 Å². The number of likely N-dealkylation sites (tertiary alicyclic amines) is 1. The van der Waals surface area contributed by atoms with Crippen LogP contribution in [0.3, 0.4) is 0 Å². The molecule has 36 heavy (non-hydrogen) atoms. The van der Waals surface area contributed by atoms with Gasteiger partial charge in [-0.3, -0.25) is 9.48 Å². The second-order valence-corrected chi connectivity index (χ2v) is 9.93. The van der Waals surface area contributed by atoms with E-state index < -0.39 is 5.60 Å². The number of aliphatic hydroxyl groups is 1. The lowest BCUT2D eigenvalue weighted by Gasteiger charge is -2.21. The molecule has 2 aliphatic rings. The van der Waals surface area contributed by atoms with Gasteiger partial charge in [0.05, 0.1) is 30.2 Å². The van der Waals surface area contributed by atoms with Crippen molar-refractivity contribution in [2.75, 3.05) is 32.1 Å². The number of carbonyl (C=O) groups is 1. The first-order valence-electron chi connectivity index (χ1n) is 11.8. The number of nitrogens with zero attached hydrogens (tertiary/aromatic N) is 6. The minimum absolute atomic E-state index is 0.258. The van der Waals surface area contributed by atoms with E-state index in [9.17, 15) is 9.90 Å². The molecule has 11 heteroatoms. The Bertz CT molecular complexity index is 1410. The zero-order valence-corrected chi connectivity index (χ0v) is 20.5. The summed E-state index contributed by atoms with van der Waals surface area (Å²) in [5.74, 6) is 0.181. The van der Waals surface area contributed by atoms with Crippen molar-refractivity contribution in [1.82, 2.24) is 29.6 Å². The maximum absolute atomic E-state index is 12.5. The van der Waals surface area contributed by atoms with Gasteiger partial charge in [-0.25, -0.2) is 15.0 Å². The number of aromatic nitrogens is 5. The Balaban J connectivity index is 1.21. The minimum Gasteiger partial charge on any atom is -0.379 e. The van der Waals surface area contributed by atoms with Crippen molar-refractivity contribution >= 4 is 28.9 Å². The number of benzene rings is 1. The topological polar surface area (TPSA) is 118 Å². The molecule has 0 bridgehead atoms. The molecule has 0 radical (unpaired) electrons. The van der Waals surface area contributed by atoms with Crippen molar-refractivity contribution in [2.45, 2.75) is 24.5 Å². The number of likely N-dealkylation sites (N-methyl/N-ethyl adjacent to an activating group) is 1. The van der Waals surface area contributed by atoms with Crippen LogP contribution >= 0.6 is 11.3 Å². The summed E-state index contributed by atoms with van der Waals surface area (Å²) in [5.41, 5.74) is 2.16. The number of hydrogen-bond acceptors (Lipinski definition) is 9. The first kappa shape index (κ1) is 22.8. The molecular weight excluding hydrogens is 478 g/mol. The molecule has 3 aromatic heterocycles. The fourth-order valence-electron chi connectivity index (χ4n) is 4.58. The van der Waals surface area contributed by atoms with Crippen LogP contribution in [-0.4, -0.2) is 67.5 Å². The Kier molecular flexibility index (Phi) is 5.75. The lowest BCUT2D eigenvalue weighted by molar-refractivity contribution is -0.143. The van der Waals surface area contributed by atoms with Gasteiger partial charge in [-0.05, 0) is 24.1 Å². The summed E-state index contributed by atoms with van der Waals surface area (Å²) in [6.45, 7) is 1.96. The molecular formula is C25H25N7O3S. The number of nitrogens with one attached hydrogen (secondary N) is 1. The van der Waals surface area contributed by atoms with Crippen molar-refractivity contribution in [3.05, 3.63) is 59.9 Å². The lowest BCUT2D eigenvalue weighted by Crippen LogP contribution is -2.36. The van der Waals surface area contributed by atoms with Gasteiger partial charge in [-0.1, -0.05) is 18.2 Å². The molecule has 10 nitrogen and oxygen atoms in total. The van der Waals surface area contributed by atoms with Gasteiger partial charge < -0.3 is 20.1 Å². The van der Waals surface area contributed by atoms with E-state index in [4.69, 9.17) is 9.72 Å². The zero-order valence-electron chi connectivity index (χ0n) is 19.7. The Hall–Kier alpha value is -3.67. The van der Waals surface area contributed by atoms with Crippen LogP contribution in [0.2, 0.25) is 0 Å². The van der Waals surface area contributed by atoms with E-state index in [1.165, 1.54) is 11.3 Å². The maximum atomic E-state index is 12.5. The predicted molar refractivity (Wildman–Crippen MR) is 135 cm³/mol. The first-order valence-corrected chi connectivity index (χ1v) is 12.6. The first-order chi connectivity index (χ1) is 17.5. The average molecular weight is 504 g/mol. The van der Waals surface area contributed by atoms with Gasteiger partial charge in [0.15, 0.2) is 5.60 Å². The SMILES string of the molecule is CN1CC[C@@](O)(c2cccc(-c3nc(-c4ccnc(Nc5cnn(C6CCOC6)c5)n4)cs3)c2)C1=O. The fraction of sp³-hybridized carbons (Fsp3) is 0.320. The van der Waals surface area contributed by atoms with Crippen LogP contribution < -0.4 is 5.32 Å². The van der Waals surface area contributed by atoms with E-state index in [1.54, 1.807) is 30.4 Å². The molecule has 184 valence electrons. The van der Waals surface area contributed by atoms with Crippen LogP contribution in [0.5, 0.6) is 0 Å². The molecule has 4 aromatic rings. The second kappa shape index (κ2) is 9.08. The summed E-state index contributed by atoms with van der Waals surface area (Å²) in [5, 5.41) is 21.4. The molecule has 2 N–H and O–H groups in total. The van der Waals surface area contributed by atoms with E-state index in [2.05, 4.69) is 20.4 Å². The second-order valence-electron chi connectivity index (χ2n) is 9.07. The molecule has 0 saturated carbocycles. The van der Waals surface area contributed by atoms with E-state index in [1.807, 2.05) is 40.5 Å². The van der Waals surface area contributed by atoms with Gasteiger partial charge in [0.2, 0.25) is 5.95 Å². The Morgan fingerprint density at radius 3 is 2.97 bits per heavy atom. The highest BCUT2D eigenvalue weighted by atomic mass is 32.1. The third kappa shape index (κ3) is 4.15. The molecule has 2 fully saturated rings. The Morgan fingerprint density at radius 1 is 1.25 bits per heavy atom. The number of carbonyl (C=O) groups excluding carboxylic acids is 1. The number of ether oxygens (including phenoxy) is 1. The third-order valence-electron chi connectivity index (χ3n) is 6.66. The van der Waals surface area contributed by atoms with Crippen molar-refractivity contribution in [1.29, 1.82) is 0 Å². The Morgan fingerprint density at radius 2 is 2.17 bits per heavy atom. The van der Waals surface area contributed by atoms with Crippen LogP contribution in [0, 0.1) is 0 Å². The normalized spacial score (nSPS) is 21.9. The highest BCUT2D eigenvalue weighted by Crippen LogP contribution is 2.36. The number of rotatable bonds is 6. The average Bonchev–Trinajstić information content (AvgIpc) is 3.71. The highest BCUT2D eigenvalue weighted by Gasteiger charge is 2.45. The van der Waals surface area contributed by atoms with Gasteiger partial charge in [-0.2, -0.15) is 5.10 Å². The summed E-state index contributed by atoms with van der Waals surface area (Å²) in [6, 6.07) is 9.49. The molecule has 2 saturated heterocycles. The summed E-state index contributed by atoms with van der Waals surface area (Å²) in [6.07, 6.45) is 6.71. The quantitative estimate of drug-likeness (QED) is 0.412. The van der Waals surface area contributed by atoms with Gasteiger partial charge in [0.25, 0.3) is 5.91 Å². The maximum Gasteiger partial charge on any atom is 0.258 e. The van der Waals surface area contributed by atoms with Gasteiger partial charge in [-0.15, -0.1) is 11.3 Å². The summed E-state index contributed by atoms with van der Waals surface area (Å²) in [4.78, 5) is 27.8. The van der Waals surface area contributed by atoms with E-state index in [0.29, 0.717) is 36.8 Å². The molecule has 6 rings (SSSR count). The molecule has 2 aliphatic heterocycles. The number of anilines is 2.